The van der Waals surface area contributed by atoms with E-state index in [0.29, 0.717) is 15.4 Å². The Morgan fingerprint density at radius 1 is 1.17 bits per heavy atom. The predicted octanol–water partition coefficient (Wildman–Crippen LogP) is 3.54. The SMILES string of the molecule is CCOC(=O)c1c(NC(=O)C2CCCCC2)sc(C(=O)OC)c1C. The van der Waals surface area contributed by atoms with Gasteiger partial charge in [-0.2, -0.15) is 0 Å². The van der Waals surface area contributed by atoms with Gasteiger partial charge in [-0.1, -0.05) is 19.3 Å². The van der Waals surface area contributed by atoms with Gasteiger partial charge in [-0.25, -0.2) is 9.59 Å². The molecule has 1 aromatic rings. The van der Waals surface area contributed by atoms with Crippen molar-refractivity contribution in [3.05, 3.63) is 16.0 Å². The largest absolute Gasteiger partial charge is 0.465 e. The Hall–Kier alpha value is -1.89. The average molecular weight is 353 g/mol. The lowest BCUT2D eigenvalue weighted by atomic mass is 9.89. The highest BCUT2D eigenvalue weighted by Gasteiger charge is 2.29. The molecule has 6 nitrogen and oxygen atoms in total. The molecule has 1 fully saturated rings. The van der Waals surface area contributed by atoms with Gasteiger partial charge in [0.1, 0.15) is 9.88 Å². The Morgan fingerprint density at radius 3 is 2.42 bits per heavy atom. The van der Waals surface area contributed by atoms with Crippen molar-refractivity contribution in [3.63, 3.8) is 0 Å². The minimum Gasteiger partial charge on any atom is -0.465 e. The second-order valence-electron chi connectivity index (χ2n) is 5.80. The highest BCUT2D eigenvalue weighted by atomic mass is 32.1. The molecule has 0 atom stereocenters. The van der Waals surface area contributed by atoms with Crippen LogP contribution >= 0.6 is 11.3 Å². The third kappa shape index (κ3) is 3.95. The molecule has 0 aliphatic heterocycles. The van der Waals surface area contributed by atoms with Crippen LogP contribution in [-0.2, 0) is 14.3 Å². The summed E-state index contributed by atoms with van der Waals surface area (Å²) in [7, 11) is 1.28. The van der Waals surface area contributed by atoms with Crippen molar-refractivity contribution in [1.82, 2.24) is 0 Å². The first-order valence-electron chi connectivity index (χ1n) is 8.19. The van der Waals surface area contributed by atoms with E-state index < -0.39 is 11.9 Å². The Balaban J connectivity index is 2.30. The standard InChI is InChI=1S/C17H23NO5S/c1-4-23-16(20)12-10(2)13(17(21)22-3)24-15(12)18-14(19)11-8-6-5-7-9-11/h11H,4-9H2,1-3H3,(H,18,19). The normalized spacial score (nSPS) is 15.0. The monoisotopic (exact) mass is 353 g/mol. The fourth-order valence-electron chi connectivity index (χ4n) is 2.92. The third-order valence-corrected chi connectivity index (χ3v) is 5.40. The molecule has 0 radical (unpaired) electrons. The van der Waals surface area contributed by atoms with Crippen LogP contribution in [0.15, 0.2) is 0 Å². The van der Waals surface area contributed by atoms with E-state index in [9.17, 15) is 14.4 Å². The van der Waals surface area contributed by atoms with Crippen molar-refractivity contribution in [1.29, 1.82) is 0 Å². The number of thiophene rings is 1. The maximum atomic E-state index is 12.5. The van der Waals surface area contributed by atoms with E-state index >= 15 is 0 Å². The van der Waals surface area contributed by atoms with Gasteiger partial charge in [0.05, 0.1) is 19.3 Å². The molecule has 1 heterocycles. The minimum absolute atomic E-state index is 0.0437. The fourth-order valence-corrected chi connectivity index (χ4v) is 4.03. The molecule has 1 aliphatic rings. The van der Waals surface area contributed by atoms with E-state index in [-0.39, 0.29) is 24.0 Å². The number of anilines is 1. The molecule has 0 aromatic carbocycles. The molecule has 2 rings (SSSR count). The van der Waals surface area contributed by atoms with Crippen molar-refractivity contribution in [2.24, 2.45) is 5.92 Å². The molecule has 1 N–H and O–H groups in total. The lowest BCUT2D eigenvalue weighted by molar-refractivity contribution is -0.120. The molecule has 0 unspecified atom stereocenters. The fraction of sp³-hybridized carbons (Fsp3) is 0.588. The molecule has 1 saturated carbocycles. The predicted molar refractivity (Wildman–Crippen MR) is 91.6 cm³/mol. The second kappa shape index (κ2) is 8.28. The molecule has 132 valence electrons. The van der Waals surface area contributed by atoms with Crippen molar-refractivity contribution >= 4 is 34.2 Å². The first-order valence-corrected chi connectivity index (χ1v) is 9.00. The van der Waals surface area contributed by atoms with Crippen LogP contribution in [0.1, 0.15) is 64.6 Å². The third-order valence-electron chi connectivity index (χ3n) is 4.21. The van der Waals surface area contributed by atoms with E-state index in [1.54, 1.807) is 13.8 Å². The number of amides is 1. The van der Waals surface area contributed by atoms with Crippen LogP contribution in [-0.4, -0.2) is 31.6 Å². The van der Waals surface area contributed by atoms with Gasteiger partial charge in [-0.3, -0.25) is 4.79 Å². The summed E-state index contributed by atoms with van der Waals surface area (Å²) in [6.45, 7) is 3.59. The zero-order valence-electron chi connectivity index (χ0n) is 14.3. The first-order chi connectivity index (χ1) is 11.5. The number of hydrogen-bond acceptors (Lipinski definition) is 6. The van der Waals surface area contributed by atoms with Crippen LogP contribution in [0.3, 0.4) is 0 Å². The highest BCUT2D eigenvalue weighted by Crippen LogP contribution is 2.35. The maximum absolute atomic E-state index is 12.5. The summed E-state index contributed by atoms with van der Waals surface area (Å²) in [6, 6.07) is 0. The number of hydrogen-bond donors (Lipinski definition) is 1. The minimum atomic E-state index is -0.541. The van der Waals surface area contributed by atoms with Gasteiger partial charge in [0.15, 0.2) is 0 Å². The quantitative estimate of drug-likeness (QED) is 0.819. The van der Waals surface area contributed by atoms with Crippen LogP contribution in [0.4, 0.5) is 5.00 Å². The molecule has 1 aliphatic carbocycles. The number of rotatable bonds is 5. The van der Waals surface area contributed by atoms with Gasteiger partial charge < -0.3 is 14.8 Å². The Morgan fingerprint density at radius 2 is 1.83 bits per heavy atom. The van der Waals surface area contributed by atoms with E-state index in [1.807, 2.05) is 0 Å². The molecule has 0 saturated heterocycles. The van der Waals surface area contributed by atoms with Crippen molar-refractivity contribution in [2.75, 3.05) is 19.0 Å². The zero-order valence-corrected chi connectivity index (χ0v) is 15.1. The summed E-state index contributed by atoms with van der Waals surface area (Å²) >= 11 is 1.06. The van der Waals surface area contributed by atoms with Crippen LogP contribution in [0.2, 0.25) is 0 Å². The maximum Gasteiger partial charge on any atom is 0.348 e. The van der Waals surface area contributed by atoms with Gasteiger partial charge in [0.2, 0.25) is 5.91 Å². The van der Waals surface area contributed by atoms with Gasteiger partial charge >= 0.3 is 11.9 Å². The van der Waals surface area contributed by atoms with Crippen molar-refractivity contribution in [2.45, 2.75) is 46.0 Å². The van der Waals surface area contributed by atoms with Crippen LogP contribution in [0.5, 0.6) is 0 Å². The molecular weight excluding hydrogens is 330 g/mol. The Kier molecular flexibility index (Phi) is 6.36. The zero-order chi connectivity index (χ0) is 17.7. The van der Waals surface area contributed by atoms with Crippen LogP contribution in [0, 0.1) is 12.8 Å². The molecule has 1 amide bonds. The number of methoxy groups -OCH3 is 1. The summed E-state index contributed by atoms with van der Waals surface area (Å²) in [6.07, 6.45) is 4.95. The number of nitrogens with one attached hydrogen (secondary N) is 1. The van der Waals surface area contributed by atoms with Crippen molar-refractivity contribution < 1.29 is 23.9 Å². The Labute approximate surface area is 145 Å². The van der Waals surface area contributed by atoms with Gasteiger partial charge in [-0.05, 0) is 32.3 Å². The van der Waals surface area contributed by atoms with Gasteiger partial charge in [0.25, 0.3) is 0 Å². The van der Waals surface area contributed by atoms with Crippen molar-refractivity contribution in [3.8, 4) is 0 Å². The van der Waals surface area contributed by atoms with Crippen LogP contribution < -0.4 is 5.32 Å². The van der Waals surface area contributed by atoms with E-state index in [4.69, 9.17) is 9.47 Å². The van der Waals surface area contributed by atoms with E-state index in [1.165, 1.54) is 7.11 Å². The topological polar surface area (TPSA) is 81.7 Å². The van der Waals surface area contributed by atoms with E-state index in [2.05, 4.69) is 5.32 Å². The second-order valence-corrected chi connectivity index (χ2v) is 6.82. The van der Waals surface area contributed by atoms with E-state index in [0.717, 1.165) is 43.4 Å². The average Bonchev–Trinajstić information content (AvgIpc) is 2.91. The number of esters is 2. The Bertz CT molecular complexity index is 631. The molecule has 7 heteroatoms. The lowest BCUT2D eigenvalue weighted by Gasteiger charge is -2.20. The molecule has 24 heavy (non-hydrogen) atoms. The number of carbonyl (C=O) groups excluding carboxylic acids is 3. The smallest absolute Gasteiger partial charge is 0.348 e. The lowest BCUT2D eigenvalue weighted by Crippen LogP contribution is -2.25. The summed E-state index contributed by atoms with van der Waals surface area (Å²) in [4.78, 5) is 36.9. The van der Waals surface area contributed by atoms with Crippen LogP contribution in [0.25, 0.3) is 0 Å². The highest BCUT2D eigenvalue weighted by molar-refractivity contribution is 7.18. The number of ether oxygens (including phenoxy) is 2. The number of carbonyl (C=O) groups is 3. The molecule has 0 spiro atoms. The summed E-state index contributed by atoms with van der Waals surface area (Å²) in [5.41, 5.74) is 0.718. The molecular formula is C17H23NO5S. The summed E-state index contributed by atoms with van der Waals surface area (Å²) in [5.74, 6) is -1.21. The first kappa shape index (κ1) is 18.4. The van der Waals surface area contributed by atoms with Gasteiger partial charge in [-0.15, -0.1) is 11.3 Å². The van der Waals surface area contributed by atoms with Gasteiger partial charge in [0, 0.05) is 5.92 Å². The molecule has 0 bridgehead atoms. The molecule has 1 aromatic heterocycles. The summed E-state index contributed by atoms with van der Waals surface area (Å²) in [5, 5.41) is 3.19. The summed E-state index contributed by atoms with van der Waals surface area (Å²) < 4.78 is 9.82.